The Morgan fingerprint density at radius 2 is 1.77 bits per heavy atom. The second-order valence-electron chi connectivity index (χ2n) is 8.16. The number of likely N-dealkylation sites (tertiary alicyclic amines) is 1. The lowest BCUT2D eigenvalue weighted by atomic mass is 10.0. The fourth-order valence-electron chi connectivity index (χ4n) is 4.02. The van der Waals surface area contributed by atoms with Crippen LogP contribution in [0, 0.1) is 5.82 Å². The number of carbonyl (C=O) groups is 2. The molecule has 0 atom stereocenters. The van der Waals surface area contributed by atoms with Gasteiger partial charge in [0.05, 0.1) is 5.56 Å². The molecule has 1 aliphatic rings. The monoisotopic (exact) mass is 423 g/mol. The fourth-order valence-corrected chi connectivity index (χ4v) is 4.02. The molecule has 1 saturated heterocycles. The van der Waals surface area contributed by atoms with Crippen molar-refractivity contribution in [2.45, 2.75) is 25.4 Å². The second-order valence-corrected chi connectivity index (χ2v) is 8.16. The van der Waals surface area contributed by atoms with Gasteiger partial charge in [-0.15, -0.1) is 0 Å². The average molecular weight is 423 g/mol. The molecule has 31 heavy (non-hydrogen) atoms. The maximum Gasteiger partial charge on any atom is 0.289 e. The van der Waals surface area contributed by atoms with Crippen LogP contribution in [-0.4, -0.2) is 54.8 Å². The summed E-state index contributed by atoms with van der Waals surface area (Å²) in [6.07, 6.45) is 1.21. The third-order valence-corrected chi connectivity index (χ3v) is 5.60. The Balaban J connectivity index is 1.44. The first kappa shape index (κ1) is 21.1. The number of furan rings is 1. The van der Waals surface area contributed by atoms with Crippen LogP contribution in [0.3, 0.4) is 0 Å². The number of nitrogens with zero attached hydrogens (tertiary/aromatic N) is 2. The number of para-hydroxylation sites is 1. The Kier molecular flexibility index (Phi) is 6.04. The van der Waals surface area contributed by atoms with Crippen molar-refractivity contribution in [3.63, 3.8) is 0 Å². The minimum atomic E-state index is -0.536. The van der Waals surface area contributed by atoms with E-state index in [0.29, 0.717) is 43.8 Å². The number of benzene rings is 2. The number of halogens is 1. The molecule has 0 unspecified atom stereocenters. The fraction of sp³-hybridized carbons (Fsp3) is 0.333. The highest BCUT2D eigenvalue weighted by atomic mass is 19.1. The topological polar surface area (TPSA) is 65.8 Å². The maximum absolute atomic E-state index is 13.8. The Morgan fingerprint density at radius 3 is 2.48 bits per heavy atom. The van der Waals surface area contributed by atoms with E-state index in [-0.39, 0.29) is 17.5 Å². The molecule has 1 N–H and O–H groups in total. The Morgan fingerprint density at radius 1 is 1.10 bits per heavy atom. The van der Waals surface area contributed by atoms with Crippen LogP contribution in [0.1, 0.15) is 39.3 Å². The molecule has 0 bridgehead atoms. The molecule has 2 heterocycles. The van der Waals surface area contributed by atoms with Crippen molar-refractivity contribution >= 4 is 22.8 Å². The van der Waals surface area contributed by atoms with E-state index in [9.17, 15) is 14.0 Å². The number of rotatable bonds is 5. The normalized spacial score (nSPS) is 14.9. The average Bonchev–Trinajstić information content (AvgIpc) is 3.12. The van der Waals surface area contributed by atoms with Crippen molar-refractivity contribution in [2.75, 3.05) is 27.2 Å². The molecule has 4 rings (SSSR count). The summed E-state index contributed by atoms with van der Waals surface area (Å²) in [6.45, 7) is 1.60. The first-order valence-electron chi connectivity index (χ1n) is 10.4. The quantitative estimate of drug-likeness (QED) is 0.680. The lowest BCUT2D eigenvalue weighted by molar-refractivity contribution is 0.0667. The van der Waals surface area contributed by atoms with E-state index in [1.54, 1.807) is 17.0 Å². The molecular formula is C24H26FN3O3. The predicted molar refractivity (Wildman–Crippen MR) is 116 cm³/mol. The summed E-state index contributed by atoms with van der Waals surface area (Å²) in [5.41, 5.74) is 1.63. The van der Waals surface area contributed by atoms with Gasteiger partial charge < -0.3 is 19.5 Å². The molecule has 0 spiro atoms. The summed E-state index contributed by atoms with van der Waals surface area (Å²) < 4.78 is 19.8. The van der Waals surface area contributed by atoms with E-state index in [1.165, 1.54) is 12.1 Å². The van der Waals surface area contributed by atoms with Crippen LogP contribution >= 0.6 is 0 Å². The van der Waals surface area contributed by atoms with E-state index < -0.39 is 11.7 Å². The molecule has 7 heteroatoms. The first-order chi connectivity index (χ1) is 14.9. The lowest BCUT2D eigenvalue weighted by Crippen LogP contribution is -2.46. The third kappa shape index (κ3) is 4.46. The first-order valence-corrected chi connectivity index (χ1v) is 10.4. The van der Waals surface area contributed by atoms with E-state index in [4.69, 9.17) is 4.42 Å². The van der Waals surface area contributed by atoms with Crippen LogP contribution in [0.2, 0.25) is 0 Å². The van der Waals surface area contributed by atoms with Gasteiger partial charge in [0.1, 0.15) is 11.4 Å². The van der Waals surface area contributed by atoms with Gasteiger partial charge in [-0.2, -0.15) is 0 Å². The largest absolute Gasteiger partial charge is 0.451 e. The molecule has 0 radical (unpaired) electrons. The van der Waals surface area contributed by atoms with E-state index in [0.717, 1.165) is 10.9 Å². The van der Waals surface area contributed by atoms with Crippen molar-refractivity contribution in [1.82, 2.24) is 15.1 Å². The number of amides is 2. The molecule has 0 saturated carbocycles. The summed E-state index contributed by atoms with van der Waals surface area (Å²) in [7, 11) is 3.92. The SMILES string of the molecule is CN(C)Cc1c(C(=O)N2CCC(NC(=O)c3ccccc3F)CC2)oc2ccccc12. The Labute approximate surface area is 180 Å². The van der Waals surface area contributed by atoms with Crippen LogP contribution < -0.4 is 5.32 Å². The Bertz CT molecular complexity index is 1100. The van der Waals surface area contributed by atoms with E-state index in [1.807, 2.05) is 43.3 Å². The predicted octanol–water partition coefficient (Wildman–Crippen LogP) is 3.67. The molecule has 162 valence electrons. The number of carbonyl (C=O) groups excluding carboxylic acids is 2. The minimum Gasteiger partial charge on any atom is -0.451 e. The van der Waals surface area contributed by atoms with Gasteiger partial charge in [0.25, 0.3) is 11.8 Å². The number of nitrogens with one attached hydrogen (secondary N) is 1. The number of hydrogen-bond acceptors (Lipinski definition) is 4. The highest BCUT2D eigenvalue weighted by molar-refractivity contribution is 5.99. The number of piperidine rings is 1. The van der Waals surface area contributed by atoms with Gasteiger partial charge in [-0.05, 0) is 45.1 Å². The van der Waals surface area contributed by atoms with Gasteiger partial charge >= 0.3 is 0 Å². The summed E-state index contributed by atoms with van der Waals surface area (Å²) in [5, 5.41) is 3.84. The molecule has 6 nitrogen and oxygen atoms in total. The summed E-state index contributed by atoms with van der Waals surface area (Å²) in [4.78, 5) is 29.4. The van der Waals surface area contributed by atoms with Crippen molar-refractivity contribution in [3.8, 4) is 0 Å². The summed E-state index contributed by atoms with van der Waals surface area (Å²) in [6, 6.07) is 13.5. The molecule has 0 aliphatic carbocycles. The minimum absolute atomic E-state index is 0.0385. The molecule has 2 amide bonds. The zero-order chi connectivity index (χ0) is 22.0. The molecule has 2 aromatic carbocycles. The smallest absolute Gasteiger partial charge is 0.289 e. The van der Waals surface area contributed by atoms with Gasteiger partial charge in [-0.3, -0.25) is 9.59 Å². The second kappa shape index (κ2) is 8.89. The van der Waals surface area contributed by atoms with Crippen molar-refractivity contribution in [2.24, 2.45) is 0 Å². The molecule has 1 aliphatic heterocycles. The Hall–Kier alpha value is -3.19. The zero-order valence-electron chi connectivity index (χ0n) is 17.7. The standard InChI is InChI=1S/C24H26FN3O3/c1-27(2)15-19-17-7-4-6-10-21(17)31-22(19)24(30)28-13-11-16(12-14-28)26-23(29)18-8-3-5-9-20(18)25/h3-10,16H,11-15H2,1-2H3,(H,26,29). The van der Waals surface area contributed by atoms with Gasteiger partial charge in [-0.1, -0.05) is 30.3 Å². The van der Waals surface area contributed by atoms with E-state index in [2.05, 4.69) is 5.32 Å². The van der Waals surface area contributed by atoms with Crippen LogP contribution in [0.15, 0.2) is 52.9 Å². The highest BCUT2D eigenvalue weighted by Crippen LogP contribution is 2.28. The highest BCUT2D eigenvalue weighted by Gasteiger charge is 2.29. The van der Waals surface area contributed by atoms with E-state index >= 15 is 0 Å². The van der Waals surface area contributed by atoms with Gasteiger partial charge in [0.15, 0.2) is 5.76 Å². The van der Waals surface area contributed by atoms with Crippen LogP contribution in [0.5, 0.6) is 0 Å². The van der Waals surface area contributed by atoms with Gasteiger partial charge in [0, 0.05) is 36.6 Å². The molecule has 1 aromatic heterocycles. The van der Waals surface area contributed by atoms with Crippen molar-refractivity contribution in [3.05, 3.63) is 71.2 Å². The van der Waals surface area contributed by atoms with Gasteiger partial charge in [-0.25, -0.2) is 4.39 Å². The maximum atomic E-state index is 13.8. The number of fused-ring (bicyclic) bond motifs is 1. The van der Waals surface area contributed by atoms with Crippen LogP contribution in [0.4, 0.5) is 4.39 Å². The third-order valence-electron chi connectivity index (χ3n) is 5.60. The molecular weight excluding hydrogens is 397 g/mol. The lowest BCUT2D eigenvalue weighted by Gasteiger charge is -2.32. The molecule has 3 aromatic rings. The van der Waals surface area contributed by atoms with Crippen LogP contribution in [-0.2, 0) is 6.54 Å². The van der Waals surface area contributed by atoms with Gasteiger partial charge in [0.2, 0.25) is 0 Å². The van der Waals surface area contributed by atoms with Crippen molar-refractivity contribution in [1.29, 1.82) is 0 Å². The summed E-state index contributed by atoms with van der Waals surface area (Å²) >= 11 is 0. The number of hydrogen-bond donors (Lipinski definition) is 1. The van der Waals surface area contributed by atoms with Crippen molar-refractivity contribution < 1.29 is 18.4 Å². The zero-order valence-corrected chi connectivity index (χ0v) is 17.7. The molecule has 1 fully saturated rings. The summed E-state index contributed by atoms with van der Waals surface area (Å²) in [5.74, 6) is -0.713. The van der Waals surface area contributed by atoms with Crippen LogP contribution in [0.25, 0.3) is 11.0 Å².